The first-order chi connectivity index (χ1) is 7.02. The molecule has 0 radical (unpaired) electrons. The second-order valence-corrected chi connectivity index (χ2v) is 2.64. The van der Waals surface area contributed by atoms with E-state index in [1.807, 2.05) is 0 Å². The third kappa shape index (κ3) is 4.99. The van der Waals surface area contributed by atoms with E-state index in [2.05, 4.69) is 14.8 Å². The van der Waals surface area contributed by atoms with E-state index in [0.29, 0.717) is 0 Å². The number of rotatable bonds is 5. The van der Waals surface area contributed by atoms with Gasteiger partial charge in [-0.15, -0.1) is 0 Å². The van der Waals surface area contributed by atoms with Crippen LogP contribution >= 0.6 is 0 Å². The van der Waals surface area contributed by atoms with Crippen molar-refractivity contribution in [2.45, 2.75) is 26.8 Å². The van der Waals surface area contributed by atoms with E-state index in [1.54, 1.807) is 13.8 Å². The van der Waals surface area contributed by atoms with Crippen LogP contribution < -0.4 is 5.32 Å². The van der Waals surface area contributed by atoms with Crippen molar-refractivity contribution in [1.82, 2.24) is 5.32 Å². The fraction of sp³-hybridized carbons (Fsp3) is 0.667. The number of hydrogen-bond acceptors (Lipinski definition) is 5. The molecule has 0 aromatic rings. The Morgan fingerprint density at radius 1 is 1.07 bits per heavy atom. The lowest BCUT2D eigenvalue weighted by Gasteiger charge is -2.14. The molecule has 0 aliphatic carbocycles. The summed E-state index contributed by atoms with van der Waals surface area (Å²) in [5.74, 6) is -2.13. The van der Waals surface area contributed by atoms with Crippen LogP contribution in [0.15, 0.2) is 0 Å². The number of amides is 1. The molecule has 6 nitrogen and oxygen atoms in total. The Kier molecular flexibility index (Phi) is 6.08. The number of esters is 2. The first kappa shape index (κ1) is 13.4. The molecule has 0 saturated heterocycles. The smallest absolute Gasteiger partial charge is 0.340 e. The van der Waals surface area contributed by atoms with Crippen molar-refractivity contribution in [3.63, 3.8) is 0 Å². The van der Waals surface area contributed by atoms with Crippen LogP contribution in [-0.4, -0.2) is 37.1 Å². The van der Waals surface area contributed by atoms with Gasteiger partial charge >= 0.3 is 11.9 Å². The molecule has 0 rings (SSSR count). The van der Waals surface area contributed by atoms with Crippen LogP contribution in [0.25, 0.3) is 0 Å². The van der Waals surface area contributed by atoms with Gasteiger partial charge in [-0.05, 0) is 13.8 Å². The Hall–Kier alpha value is -1.59. The Bertz CT molecular complexity index is 233. The number of carbonyl (C=O) groups excluding carboxylic acids is 3. The van der Waals surface area contributed by atoms with E-state index in [1.165, 1.54) is 6.92 Å². The van der Waals surface area contributed by atoms with Gasteiger partial charge in [0.2, 0.25) is 11.9 Å². The second kappa shape index (κ2) is 6.80. The standard InChI is InChI=1S/C9H15NO5/c1-4-14-8(12)7(10-6(3)11)9(13)15-5-2/h7H,4-5H2,1-3H3,(H,10,11)/i7+1,10+1. The minimum absolute atomic E-state index is 0.133. The molecule has 6 heteroatoms. The van der Waals surface area contributed by atoms with E-state index in [0.717, 1.165) is 0 Å². The lowest BCUT2D eigenvalue weighted by Crippen LogP contribution is -2.47. The molecule has 15 heavy (non-hydrogen) atoms. The normalized spacial score (nSPS) is 9.60. The minimum Gasteiger partial charge on any atom is -0.464 e. The highest BCUT2D eigenvalue weighted by Crippen LogP contribution is 1.94. The van der Waals surface area contributed by atoms with Crippen molar-refractivity contribution in [3.05, 3.63) is 0 Å². The zero-order chi connectivity index (χ0) is 11.8. The van der Waals surface area contributed by atoms with Crippen molar-refractivity contribution < 1.29 is 23.9 Å². The first-order valence-electron chi connectivity index (χ1n) is 4.63. The molecular formula is C9H15NO5. The maximum absolute atomic E-state index is 11.3. The summed E-state index contributed by atoms with van der Waals surface area (Å²) in [5.41, 5.74) is 0. The van der Waals surface area contributed by atoms with E-state index >= 15 is 0 Å². The maximum atomic E-state index is 11.3. The SMILES string of the molecule is CCOC(=O)[13CH]([15NH]C(C)=O)C(=O)OCC. The van der Waals surface area contributed by atoms with Crippen molar-refractivity contribution in [2.75, 3.05) is 13.2 Å². The summed E-state index contributed by atoms with van der Waals surface area (Å²) in [6.07, 6.45) is 0. The number of nitrogens with one attached hydrogen (secondary N) is 1. The number of carbonyl (C=O) groups is 3. The molecule has 0 aromatic heterocycles. The van der Waals surface area contributed by atoms with E-state index in [9.17, 15) is 14.4 Å². The van der Waals surface area contributed by atoms with Gasteiger partial charge in [-0.3, -0.25) is 4.79 Å². The van der Waals surface area contributed by atoms with Gasteiger partial charge in [0, 0.05) is 6.92 Å². The van der Waals surface area contributed by atoms with Gasteiger partial charge < -0.3 is 14.8 Å². The molecule has 0 atom stereocenters. The molecule has 0 fully saturated rings. The summed E-state index contributed by atoms with van der Waals surface area (Å²) in [5, 5.41) is 2.16. The summed E-state index contributed by atoms with van der Waals surface area (Å²) in [4.78, 5) is 33.3. The second-order valence-electron chi connectivity index (χ2n) is 2.64. The van der Waals surface area contributed by atoms with Crippen LogP contribution in [0.5, 0.6) is 0 Å². The fourth-order valence-corrected chi connectivity index (χ4v) is 0.869. The summed E-state index contributed by atoms with van der Waals surface area (Å²) in [6, 6.07) is -1.37. The van der Waals surface area contributed by atoms with Crippen LogP contribution in [0.4, 0.5) is 0 Å². The maximum Gasteiger partial charge on any atom is 0.340 e. The summed E-state index contributed by atoms with van der Waals surface area (Å²) < 4.78 is 9.24. The average Bonchev–Trinajstić information content (AvgIpc) is 2.14. The minimum atomic E-state index is -1.37. The molecule has 1 N–H and O–H groups in total. The Balaban J connectivity index is 4.49. The highest BCUT2D eigenvalue weighted by atomic mass is 16.6. The van der Waals surface area contributed by atoms with Gasteiger partial charge in [0.15, 0.2) is 0 Å². The van der Waals surface area contributed by atoms with Gasteiger partial charge in [0.05, 0.1) is 13.2 Å². The van der Waals surface area contributed by atoms with E-state index < -0.39 is 23.9 Å². The molecular weight excluding hydrogens is 204 g/mol. The topological polar surface area (TPSA) is 81.7 Å². The largest absolute Gasteiger partial charge is 0.464 e. The molecule has 0 aliphatic rings. The lowest BCUT2D eigenvalue weighted by atomic mass is 10.6. The monoisotopic (exact) mass is 219 g/mol. The average molecular weight is 219 g/mol. The lowest BCUT2D eigenvalue weighted by molar-refractivity contribution is -0.159. The van der Waals surface area contributed by atoms with Crippen molar-refractivity contribution in [3.8, 4) is 0 Å². The van der Waals surface area contributed by atoms with Gasteiger partial charge in [-0.25, -0.2) is 9.59 Å². The number of hydrogen-bond donors (Lipinski definition) is 1. The summed E-state index contributed by atoms with van der Waals surface area (Å²) >= 11 is 0. The Morgan fingerprint density at radius 3 is 1.73 bits per heavy atom. The molecule has 0 unspecified atom stereocenters. The van der Waals surface area contributed by atoms with Crippen LogP contribution in [0, 0.1) is 0 Å². The molecule has 0 spiro atoms. The van der Waals surface area contributed by atoms with Crippen molar-refractivity contribution in [2.24, 2.45) is 0 Å². The van der Waals surface area contributed by atoms with Crippen molar-refractivity contribution >= 4 is 17.8 Å². The zero-order valence-electron chi connectivity index (χ0n) is 9.03. The molecule has 0 bridgehead atoms. The third-order valence-corrected chi connectivity index (χ3v) is 1.39. The predicted molar refractivity (Wildman–Crippen MR) is 50.9 cm³/mol. The Labute approximate surface area is 87.9 Å². The quantitative estimate of drug-likeness (QED) is 0.295. The van der Waals surface area contributed by atoms with Gasteiger partial charge in [0.1, 0.15) is 0 Å². The predicted octanol–water partition coefficient (Wildman–Crippen LogP) is -0.383. The highest BCUT2D eigenvalue weighted by molar-refractivity contribution is 6.02. The zero-order valence-corrected chi connectivity index (χ0v) is 9.03. The van der Waals surface area contributed by atoms with Crippen LogP contribution in [0.2, 0.25) is 0 Å². The molecule has 86 valence electrons. The van der Waals surface area contributed by atoms with Crippen molar-refractivity contribution in [1.29, 1.82) is 0 Å². The summed E-state index contributed by atoms with van der Waals surface area (Å²) in [6.45, 7) is 4.68. The molecule has 0 heterocycles. The van der Waals surface area contributed by atoms with E-state index in [-0.39, 0.29) is 13.2 Å². The number of ether oxygens (including phenoxy) is 2. The molecule has 0 aromatic carbocycles. The molecule has 0 aliphatic heterocycles. The van der Waals surface area contributed by atoms with Crippen LogP contribution in [-0.2, 0) is 23.9 Å². The highest BCUT2D eigenvalue weighted by Gasteiger charge is 2.30. The first-order valence-corrected chi connectivity index (χ1v) is 4.63. The third-order valence-electron chi connectivity index (χ3n) is 1.39. The summed E-state index contributed by atoms with van der Waals surface area (Å²) in [7, 11) is 0. The molecule has 0 saturated carbocycles. The fourth-order valence-electron chi connectivity index (χ4n) is 0.869. The molecule has 1 amide bonds. The Morgan fingerprint density at radius 2 is 1.47 bits per heavy atom. The van der Waals surface area contributed by atoms with E-state index in [4.69, 9.17) is 0 Å². The van der Waals surface area contributed by atoms with Gasteiger partial charge in [-0.1, -0.05) is 0 Å². The van der Waals surface area contributed by atoms with Crippen LogP contribution in [0.1, 0.15) is 20.8 Å². The van der Waals surface area contributed by atoms with Gasteiger partial charge in [0.25, 0.3) is 0 Å². The van der Waals surface area contributed by atoms with Gasteiger partial charge in [-0.2, -0.15) is 0 Å². The van der Waals surface area contributed by atoms with Crippen LogP contribution in [0.3, 0.4) is 0 Å².